The first kappa shape index (κ1) is 15.0. The molecule has 0 radical (unpaired) electrons. The highest BCUT2D eigenvalue weighted by atomic mass is 16.5. The molecule has 0 saturated carbocycles. The highest BCUT2D eigenvalue weighted by Crippen LogP contribution is 2.35. The van der Waals surface area contributed by atoms with Crippen LogP contribution in [0.1, 0.15) is 5.56 Å². The summed E-state index contributed by atoms with van der Waals surface area (Å²) < 4.78 is 7.85. The van der Waals surface area contributed by atoms with E-state index >= 15 is 0 Å². The zero-order valence-corrected chi connectivity index (χ0v) is 14.5. The van der Waals surface area contributed by atoms with Crippen molar-refractivity contribution < 1.29 is 4.74 Å². The van der Waals surface area contributed by atoms with Gasteiger partial charge in [-0.15, -0.1) is 0 Å². The van der Waals surface area contributed by atoms with Crippen LogP contribution in [0.15, 0.2) is 79.0 Å². The number of benzene rings is 3. The molecule has 3 aromatic carbocycles. The minimum Gasteiger partial charge on any atom is -0.497 e. The van der Waals surface area contributed by atoms with Gasteiger partial charge in [0.25, 0.3) is 0 Å². The van der Waals surface area contributed by atoms with E-state index < -0.39 is 0 Å². The Bertz CT molecular complexity index is 1240. The van der Waals surface area contributed by atoms with E-state index in [1.54, 1.807) is 7.11 Å². The molecule has 0 saturated heterocycles. The lowest BCUT2D eigenvalue weighted by molar-refractivity contribution is 0.415. The Morgan fingerprint density at radius 1 is 0.846 bits per heavy atom. The topological polar surface area (TPSA) is 27.1 Å². The second kappa shape index (κ2) is 5.88. The maximum Gasteiger partial charge on any atom is 0.119 e. The molecule has 0 fully saturated rings. The third-order valence-corrected chi connectivity index (χ3v) is 4.99. The molecule has 2 aromatic heterocycles. The van der Waals surface area contributed by atoms with Gasteiger partial charge in [-0.3, -0.25) is 4.98 Å². The average Bonchev–Trinajstić information content (AvgIpc) is 3.02. The van der Waals surface area contributed by atoms with Gasteiger partial charge in [0.05, 0.1) is 18.1 Å². The number of aromatic nitrogens is 2. The van der Waals surface area contributed by atoms with Crippen LogP contribution in [0.3, 0.4) is 0 Å². The van der Waals surface area contributed by atoms with Crippen LogP contribution in [-0.4, -0.2) is 16.7 Å². The van der Waals surface area contributed by atoms with Crippen molar-refractivity contribution in [3.05, 3.63) is 84.6 Å². The predicted molar refractivity (Wildman–Crippen MR) is 107 cm³/mol. The third kappa shape index (κ3) is 2.25. The van der Waals surface area contributed by atoms with Gasteiger partial charge in [-0.1, -0.05) is 48.5 Å². The number of fused-ring (bicyclic) bond motifs is 5. The molecule has 26 heavy (non-hydrogen) atoms. The van der Waals surface area contributed by atoms with Crippen LogP contribution in [0.2, 0.25) is 0 Å². The summed E-state index contributed by atoms with van der Waals surface area (Å²) in [6.07, 6.45) is 1.99. The normalized spacial score (nSPS) is 11.4. The quantitative estimate of drug-likeness (QED) is 0.440. The number of nitrogens with zero attached hydrogens (tertiary/aromatic N) is 2. The van der Waals surface area contributed by atoms with E-state index in [1.807, 2.05) is 18.3 Å². The van der Waals surface area contributed by atoms with Crippen molar-refractivity contribution in [3.63, 3.8) is 0 Å². The van der Waals surface area contributed by atoms with Gasteiger partial charge in [-0.2, -0.15) is 0 Å². The summed E-state index contributed by atoms with van der Waals surface area (Å²) in [5, 5.41) is 3.51. The van der Waals surface area contributed by atoms with Crippen molar-refractivity contribution in [2.45, 2.75) is 6.54 Å². The molecule has 126 valence electrons. The van der Waals surface area contributed by atoms with E-state index in [2.05, 4.69) is 70.2 Å². The Labute approximate surface area is 151 Å². The van der Waals surface area contributed by atoms with Gasteiger partial charge in [0, 0.05) is 34.4 Å². The van der Waals surface area contributed by atoms with E-state index in [4.69, 9.17) is 4.74 Å². The number of hydrogen-bond donors (Lipinski definition) is 0. The average molecular weight is 338 g/mol. The number of pyridine rings is 1. The molecule has 0 atom stereocenters. The standard InChI is InChI=1S/C23H18N2O/c1-26-17-11-12-22-19(13-17)20-14-24-21-10-6-5-9-18(21)23(20)25(22)15-16-7-3-2-4-8-16/h2-14H,15H2,1H3. The molecule has 3 nitrogen and oxygen atoms in total. The summed E-state index contributed by atoms with van der Waals surface area (Å²) in [4.78, 5) is 4.68. The van der Waals surface area contributed by atoms with Gasteiger partial charge in [0.15, 0.2) is 0 Å². The van der Waals surface area contributed by atoms with E-state index in [-0.39, 0.29) is 0 Å². The summed E-state index contributed by atoms with van der Waals surface area (Å²) in [5.41, 5.74) is 4.72. The van der Waals surface area contributed by atoms with Crippen molar-refractivity contribution in [1.82, 2.24) is 9.55 Å². The summed E-state index contributed by atoms with van der Waals surface area (Å²) >= 11 is 0. The lowest BCUT2D eigenvalue weighted by atomic mass is 10.1. The van der Waals surface area contributed by atoms with Crippen LogP contribution in [0, 0.1) is 0 Å². The lowest BCUT2D eigenvalue weighted by Gasteiger charge is -2.09. The summed E-state index contributed by atoms with van der Waals surface area (Å²) in [6.45, 7) is 0.821. The van der Waals surface area contributed by atoms with Gasteiger partial charge >= 0.3 is 0 Å². The molecule has 0 amide bonds. The van der Waals surface area contributed by atoms with Crippen LogP contribution in [0.25, 0.3) is 32.7 Å². The fraction of sp³-hybridized carbons (Fsp3) is 0.0870. The number of hydrogen-bond acceptors (Lipinski definition) is 2. The van der Waals surface area contributed by atoms with Crippen molar-refractivity contribution >= 4 is 32.7 Å². The zero-order valence-electron chi connectivity index (χ0n) is 14.5. The molecular weight excluding hydrogens is 320 g/mol. The van der Waals surface area contributed by atoms with Crippen LogP contribution in [0.5, 0.6) is 5.75 Å². The molecule has 0 unspecified atom stereocenters. The van der Waals surface area contributed by atoms with Gasteiger partial charge in [-0.05, 0) is 29.8 Å². The molecule has 0 aliphatic heterocycles. The third-order valence-electron chi connectivity index (χ3n) is 4.99. The minimum absolute atomic E-state index is 0.821. The van der Waals surface area contributed by atoms with Crippen LogP contribution in [-0.2, 0) is 6.54 Å². The molecular formula is C23H18N2O. The first-order valence-electron chi connectivity index (χ1n) is 8.73. The molecule has 0 bridgehead atoms. The molecule has 0 aliphatic carbocycles. The molecule has 2 heterocycles. The van der Waals surface area contributed by atoms with Crippen molar-refractivity contribution in [1.29, 1.82) is 0 Å². The molecule has 0 spiro atoms. The predicted octanol–water partition coefficient (Wildman–Crippen LogP) is 5.40. The second-order valence-electron chi connectivity index (χ2n) is 6.49. The van der Waals surface area contributed by atoms with Crippen LogP contribution in [0.4, 0.5) is 0 Å². The maximum absolute atomic E-state index is 5.46. The smallest absolute Gasteiger partial charge is 0.119 e. The fourth-order valence-electron chi connectivity index (χ4n) is 3.76. The highest BCUT2D eigenvalue weighted by molar-refractivity contribution is 6.16. The Morgan fingerprint density at radius 3 is 2.50 bits per heavy atom. The van der Waals surface area contributed by atoms with Crippen molar-refractivity contribution in [2.75, 3.05) is 7.11 Å². The summed E-state index contributed by atoms with van der Waals surface area (Å²) in [6, 6.07) is 25.2. The Morgan fingerprint density at radius 2 is 1.65 bits per heavy atom. The van der Waals surface area contributed by atoms with E-state index in [9.17, 15) is 0 Å². The number of methoxy groups -OCH3 is 1. The largest absolute Gasteiger partial charge is 0.497 e. The molecule has 5 aromatic rings. The first-order valence-corrected chi connectivity index (χ1v) is 8.73. The van der Waals surface area contributed by atoms with Crippen molar-refractivity contribution in [2.24, 2.45) is 0 Å². The van der Waals surface area contributed by atoms with E-state index in [1.165, 1.54) is 27.4 Å². The van der Waals surface area contributed by atoms with Crippen LogP contribution < -0.4 is 4.74 Å². The first-order chi connectivity index (χ1) is 12.8. The number of para-hydroxylation sites is 1. The highest BCUT2D eigenvalue weighted by Gasteiger charge is 2.15. The molecule has 0 aliphatic rings. The van der Waals surface area contributed by atoms with Gasteiger partial charge in [0.1, 0.15) is 5.75 Å². The van der Waals surface area contributed by atoms with Crippen molar-refractivity contribution in [3.8, 4) is 5.75 Å². The molecule has 5 rings (SSSR count). The van der Waals surface area contributed by atoms with Gasteiger partial charge in [-0.25, -0.2) is 0 Å². The van der Waals surface area contributed by atoms with Crippen LogP contribution >= 0.6 is 0 Å². The Kier molecular flexibility index (Phi) is 3.39. The zero-order chi connectivity index (χ0) is 17.5. The summed E-state index contributed by atoms with van der Waals surface area (Å²) in [5.74, 6) is 0.865. The Balaban J connectivity index is 1.91. The fourth-order valence-corrected chi connectivity index (χ4v) is 3.76. The molecule has 3 heteroatoms. The van der Waals surface area contributed by atoms with Gasteiger partial charge in [0.2, 0.25) is 0 Å². The van der Waals surface area contributed by atoms with E-state index in [0.717, 1.165) is 23.2 Å². The monoisotopic (exact) mass is 338 g/mol. The lowest BCUT2D eigenvalue weighted by Crippen LogP contribution is -1.99. The maximum atomic E-state index is 5.46. The van der Waals surface area contributed by atoms with Gasteiger partial charge < -0.3 is 9.30 Å². The SMILES string of the molecule is COc1ccc2c(c1)c1cnc3ccccc3c1n2Cc1ccccc1. The second-order valence-corrected chi connectivity index (χ2v) is 6.49. The number of ether oxygens (including phenoxy) is 1. The van der Waals surface area contributed by atoms with E-state index in [0.29, 0.717) is 0 Å². The minimum atomic E-state index is 0.821. The summed E-state index contributed by atoms with van der Waals surface area (Å²) in [7, 11) is 1.71. The Hall–Kier alpha value is -3.33. The number of rotatable bonds is 3. The molecule has 0 N–H and O–H groups in total.